The van der Waals surface area contributed by atoms with Crippen LogP contribution in [0, 0.1) is 5.41 Å². The average Bonchev–Trinajstić information content (AvgIpc) is 3.40. The molecule has 2 saturated carbocycles. The van der Waals surface area contributed by atoms with Gasteiger partial charge in [-0.3, -0.25) is 9.89 Å². The summed E-state index contributed by atoms with van der Waals surface area (Å²) in [4.78, 5) is 6.95. The maximum atomic E-state index is 5.62. The highest BCUT2D eigenvalue weighted by atomic mass is 127. The van der Waals surface area contributed by atoms with Crippen molar-refractivity contribution in [2.75, 3.05) is 60.2 Å². The molecule has 0 heterocycles. The van der Waals surface area contributed by atoms with Gasteiger partial charge in [0.2, 0.25) is 0 Å². The number of guanidine groups is 1. The number of nitrogens with one attached hydrogen (secondary N) is 2. The Morgan fingerprint density at radius 1 is 1.15 bits per heavy atom. The van der Waals surface area contributed by atoms with E-state index in [2.05, 4.69) is 27.4 Å². The molecule has 0 bridgehead atoms. The maximum absolute atomic E-state index is 5.62. The summed E-state index contributed by atoms with van der Waals surface area (Å²) in [6.07, 6.45) is 9.11. The molecule has 2 N–H and O–H groups in total. The first-order valence-electron chi connectivity index (χ1n) is 10.5. The van der Waals surface area contributed by atoms with Gasteiger partial charge in [0.25, 0.3) is 0 Å². The largest absolute Gasteiger partial charge is 0.383 e. The molecule has 27 heavy (non-hydrogen) atoms. The number of nitrogens with zero attached hydrogens (tertiary/aromatic N) is 2. The fraction of sp³-hybridized carbons (Fsp3) is 0.950. The van der Waals surface area contributed by atoms with Crippen LogP contribution < -0.4 is 10.6 Å². The molecular formula is C20H41IN4O2. The highest BCUT2D eigenvalue weighted by molar-refractivity contribution is 14.0. The third kappa shape index (κ3) is 9.28. The molecule has 2 rings (SSSR count). The van der Waals surface area contributed by atoms with E-state index < -0.39 is 0 Å². The second-order valence-electron chi connectivity index (χ2n) is 7.77. The smallest absolute Gasteiger partial charge is 0.191 e. The Kier molecular flexibility index (Phi) is 12.9. The summed E-state index contributed by atoms with van der Waals surface area (Å²) >= 11 is 0. The normalized spacial score (nSPS) is 19.2. The predicted molar refractivity (Wildman–Crippen MR) is 123 cm³/mol. The third-order valence-corrected chi connectivity index (χ3v) is 5.84. The summed E-state index contributed by atoms with van der Waals surface area (Å²) in [5.74, 6) is 0.926. The number of rotatable bonds is 13. The summed E-state index contributed by atoms with van der Waals surface area (Å²) in [6, 6.07) is 0.766. The molecule has 0 aliphatic heterocycles. The van der Waals surface area contributed by atoms with Gasteiger partial charge in [-0.15, -0.1) is 24.0 Å². The second-order valence-corrected chi connectivity index (χ2v) is 7.77. The van der Waals surface area contributed by atoms with Crippen LogP contribution in [0.5, 0.6) is 0 Å². The molecule has 0 unspecified atom stereocenters. The minimum absolute atomic E-state index is 0. The molecule has 7 heteroatoms. The molecule has 0 aromatic heterocycles. The van der Waals surface area contributed by atoms with Gasteiger partial charge in [-0.2, -0.15) is 0 Å². The summed E-state index contributed by atoms with van der Waals surface area (Å²) < 4.78 is 10.9. The number of aliphatic imine (C=N–C) groups is 1. The Hall–Kier alpha value is -0.120. The predicted octanol–water partition coefficient (Wildman–Crippen LogP) is 2.87. The molecule has 0 aromatic rings. The van der Waals surface area contributed by atoms with Gasteiger partial charge in [-0.05, 0) is 44.4 Å². The second kappa shape index (κ2) is 14.0. The molecule has 2 fully saturated rings. The summed E-state index contributed by atoms with van der Waals surface area (Å²) in [5.41, 5.74) is 0.380. The van der Waals surface area contributed by atoms with Crippen LogP contribution >= 0.6 is 24.0 Å². The number of halogens is 1. The average molecular weight is 496 g/mol. The van der Waals surface area contributed by atoms with Gasteiger partial charge in [-0.1, -0.05) is 12.8 Å². The van der Waals surface area contributed by atoms with Crippen LogP contribution in [0.25, 0.3) is 0 Å². The van der Waals surface area contributed by atoms with E-state index in [1.165, 1.54) is 38.5 Å². The van der Waals surface area contributed by atoms with Crippen molar-refractivity contribution in [2.24, 2.45) is 10.4 Å². The Morgan fingerprint density at radius 2 is 1.89 bits per heavy atom. The van der Waals surface area contributed by atoms with Crippen molar-refractivity contribution in [2.45, 2.75) is 57.9 Å². The van der Waals surface area contributed by atoms with Crippen LogP contribution in [-0.2, 0) is 9.47 Å². The topological polar surface area (TPSA) is 58.1 Å². The maximum Gasteiger partial charge on any atom is 0.191 e. The molecule has 0 radical (unpaired) electrons. The van der Waals surface area contributed by atoms with E-state index in [0.717, 1.165) is 64.4 Å². The van der Waals surface area contributed by atoms with Crippen molar-refractivity contribution in [3.05, 3.63) is 0 Å². The van der Waals surface area contributed by atoms with E-state index in [4.69, 9.17) is 9.47 Å². The highest BCUT2D eigenvalue weighted by Crippen LogP contribution is 2.40. The van der Waals surface area contributed by atoms with Gasteiger partial charge in [0.15, 0.2) is 5.96 Å². The van der Waals surface area contributed by atoms with Crippen molar-refractivity contribution in [1.82, 2.24) is 15.5 Å². The number of hydrogen-bond acceptors (Lipinski definition) is 4. The van der Waals surface area contributed by atoms with E-state index in [9.17, 15) is 0 Å². The van der Waals surface area contributed by atoms with Gasteiger partial charge >= 0.3 is 0 Å². The number of ether oxygens (including phenoxy) is 2. The van der Waals surface area contributed by atoms with Gasteiger partial charge in [0, 0.05) is 59.6 Å². The van der Waals surface area contributed by atoms with Gasteiger partial charge in [-0.25, -0.2) is 0 Å². The van der Waals surface area contributed by atoms with Crippen molar-refractivity contribution in [3.63, 3.8) is 0 Å². The lowest BCUT2D eigenvalue weighted by Gasteiger charge is -2.30. The monoisotopic (exact) mass is 496 g/mol. The minimum atomic E-state index is 0. The van der Waals surface area contributed by atoms with E-state index in [-0.39, 0.29) is 24.0 Å². The first kappa shape index (κ1) is 24.9. The van der Waals surface area contributed by atoms with Gasteiger partial charge in [0.1, 0.15) is 0 Å². The van der Waals surface area contributed by atoms with Crippen molar-refractivity contribution in [3.8, 4) is 0 Å². The lowest BCUT2D eigenvalue weighted by atomic mass is 9.83. The lowest BCUT2D eigenvalue weighted by molar-refractivity contribution is 0.105. The number of methoxy groups -OCH3 is 1. The Morgan fingerprint density at radius 3 is 2.48 bits per heavy atom. The lowest BCUT2D eigenvalue weighted by Crippen LogP contribution is -2.46. The van der Waals surface area contributed by atoms with E-state index in [1.807, 2.05) is 7.05 Å². The standard InChI is InChI=1S/C20H40N4O2.HI/c1-4-26-15-11-20(9-5-6-10-20)17-23-19(21-2)22-12-13-24(14-16-25-3)18-7-8-18;/h18H,4-17H2,1-3H3,(H2,21,22,23);1H. The van der Waals surface area contributed by atoms with Crippen molar-refractivity contribution in [1.29, 1.82) is 0 Å². The first-order chi connectivity index (χ1) is 12.7. The van der Waals surface area contributed by atoms with Crippen LogP contribution in [0.2, 0.25) is 0 Å². The van der Waals surface area contributed by atoms with E-state index >= 15 is 0 Å². The van der Waals surface area contributed by atoms with Crippen molar-refractivity contribution < 1.29 is 9.47 Å². The summed E-state index contributed by atoms with van der Waals surface area (Å²) in [7, 11) is 3.64. The number of hydrogen-bond donors (Lipinski definition) is 2. The zero-order valence-corrected chi connectivity index (χ0v) is 19.9. The third-order valence-electron chi connectivity index (χ3n) is 5.84. The molecule has 0 saturated heterocycles. The van der Waals surface area contributed by atoms with Crippen LogP contribution in [0.1, 0.15) is 51.9 Å². The fourth-order valence-electron chi connectivity index (χ4n) is 4.01. The molecule has 2 aliphatic carbocycles. The Balaban J connectivity index is 0.00000364. The SMILES string of the molecule is CCOCCC1(CNC(=NC)NCCN(CCOC)C2CC2)CCCC1.I. The van der Waals surface area contributed by atoms with E-state index in [0.29, 0.717) is 5.41 Å². The molecule has 0 atom stereocenters. The van der Waals surface area contributed by atoms with Gasteiger partial charge in [0.05, 0.1) is 6.61 Å². The Bertz CT molecular complexity index is 413. The molecule has 160 valence electrons. The zero-order valence-electron chi connectivity index (χ0n) is 17.6. The minimum Gasteiger partial charge on any atom is -0.383 e. The fourth-order valence-corrected chi connectivity index (χ4v) is 4.01. The van der Waals surface area contributed by atoms with Crippen LogP contribution in [-0.4, -0.2) is 77.1 Å². The first-order valence-corrected chi connectivity index (χ1v) is 10.5. The molecule has 0 aromatic carbocycles. The molecular weight excluding hydrogens is 455 g/mol. The van der Waals surface area contributed by atoms with E-state index in [1.54, 1.807) is 7.11 Å². The molecule has 2 aliphatic rings. The molecule has 0 amide bonds. The Labute approximate surface area is 183 Å². The van der Waals surface area contributed by atoms with Gasteiger partial charge < -0.3 is 20.1 Å². The highest BCUT2D eigenvalue weighted by Gasteiger charge is 2.33. The van der Waals surface area contributed by atoms with Crippen LogP contribution in [0.15, 0.2) is 4.99 Å². The van der Waals surface area contributed by atoms with Crippen LogP contribution in [0.3, 0.4) is 0 Å². The quantitative estimate of drug-likeness (QED) is 0.178. The van der Waals surface area contributed by atoms with Crippen molar-refractivity contribution >= 4 is 29.9 Å². The van der Waals surface area contributed by atoms with Crippen LogP contribution in [0.4, 0.5) is 0 Å². The molecule has 6 nitrogen and oxygen atoms in total. The zero-order chi connectivity index (χ0) is 18.7. The summed E-state index contributed by atoms with van der Waals surface area (Å²) in [5, 5.41) is 7.07. The molecule has 0 spiro atoms. The summed E-state index contributed by atoms with van der Waals surface area (Å²) in [6.45, 7) is 8.56.